The third-order valence-electron chi connectivity index (χ3n) is 3.48. The summed E-state index contributed by atoms with van der Waals surface area (Å²) in [5, 5.41) is 3.45. The van der Waals surface area contributed by atoms with Crippen molar-refractivity contribution in [2.24, 2.45) is 11.8 Å². The van der Waals surface area contributed by atoms with Crippen LogP contribution in [0.15, 0.2) is 21.2 Å². The minimum Gasteiger partial charge on any atom is -0.355 e. The molecule has 0 unspecified atom stereocenters. The Bertz CT molecular complexity index is 398. The van der Waals surface area contributed by atoms with Gasteiger partial charge >= 0.3 is 0 Å². The van der Waals surface area contributed by atoms with Gasteiger partial charge in [0, 0.05) is 36.8 Å². The number of hydrogen-bond acceptors (Lipinski definition) is 3. The van der Waals surface area contributed by atoms with Crippen LogP contribution in [-0.4, -0.2) is 31.2 Å². The fraction of sp³-hybridized carbons (Fsp3) is 0.545. The lowest BCUT2D eigenvalue weighted by molar-refractivity contribution is 0.533. The van der Waals surface area contributed by atoms with Gasteiger partial charge in [0.25, 0.3) is 0 Å². The SMILES string of the molecule is Brc1cnc(N2C[C@H]3CNC[C@H]3C2)c(Br)c1. The number of nitrogens with one attached hydrogen (secondary N) is 1. The summed E-state index contributed by atoms with van der Waals surface area (Å²) in [6, 6.07) is 2.06. The van der Waals surface area contributed by atoms with E-state index in [9.17, 15) is 0 Å². The van der Waals surface area contributed by atoms with Crippen LogP contribution in [0.25, 0.3) is 0 Å². The highest BCUT2D eigenvalue weighted by Crippen LogP contribution is 2.34. The van der Waals surface area contributed by atoms with Crippen LogP contribution in [0.1, 0.15) is 0 Å². The summed E-state index contributed by atoms with van der Waals surface area (Å²) in [4.78, 5) is 6.89. The van der Waals surface area contributed by atoms with E-state index in [1.807, 2.05) is 6.20 Å². The maximum absolute atomic E-state index is 4.50. The van der Waals surface area contributed by atoms with Gasteiger partial charge in [0.15, 0.2) is 0 Å². The minimum atomic E-state index is 0.803. The van der Waals surface area contributed by atoms with Crippen LogP contribution in [0.4, 0.5) is 5.82 Å². The molecule has 0 radical (unpaired) electrons. The quantitative estimate of drug-likeness (QED) is 0.845. The first-order chi connectivity index (χ1) is 7.74. The van der Waals surface area contributed by atoms with Crippen molar-refractivity contribution in [2.75, 3.05) is 31.1 Å². The van der Waals surface area contributed by atoms with Gasteiger partial charge in [-0.3, -0.25) is 0 Å². The van der Waals surface area contributed by atoms with E-state index < -0.39 is 0 Å². The van der Waals surface area contributed by atoms with Crippen molar-refractivity contribution in [3.63, 3.8) is 0 Å². The maximum atomic E-state index is 4.50. The van der Waals surface area contributed by atoms with E-state index in [2.05, 4.69) is 53.1 Å². The number of rotatable bonds is 1. The number of fused-ring (bicyclic) bond motifs is 1. The lowest BCUT2D eigenvalue weighted by Gasteiger charge is -2.19. The Morgan fingerprint density at radius 3 is 2.56 bits per heavy atom. The van der Waals surface area contributed by atoms with E-state index in [1.54, 1.807) is 0 Å². The van der Waals surface area contributed by atoms with Crippen LogP contribution in [0.3, 0.4) is 0 Å². The second-order valence-electron chi connectivity index (χ2n) is 4.54. The van der Waals surface area contributed by atoms with Crippen molar-refractivity contribution >= 4 is 37.7 Å². The fourth-order valence-electron chi connectivity index (χ4n) is 2.67. The molecule has 0 aliphatic carbocycles. The second kappa shape index (κ2) is 4.27. The molecule has 1 aromatic rings. The number of nitrogens with zero attached hydrogens (tertiary/aromatic N) is 2. The Morgan fingerprint density at radius 1 is 1.25 bits per heavy atom. The number of anilines is 1. The van der Waals surface area contributed by atoms with E-state index in [1.165, 1.54) is 0 Å². The third kappa shape index (κ3) is 1.89. The van der Waals surface area contributed by atoms with Crippen molar-refractivity contribution in [3.8, 4) is 0 Å². The highest BCUT2D eigenvalue weighted by molar-refractivity contribution is 9.11. The predicted molar refractivity (Wildman–Crippen MR) is 71.7 cm³/mol. The van der Waals surface area contributed by atoms with Crippen molar-refractivity contribution < 1.29 is 0 Å². The summed E-state index contributed by atoms with van der Waals surface area (Å²) in [6.07, 6.45) is 1.87. The maximum Gasteiger partial charge on any atom is 0.142 e. The largest absolute Gasteiger partial charge is 0.355 e. The first kappa shape index (κ1) is 11.0. The van der Waals surface area contributed by atoms with Gasteiger partial charge < -0.3 is 10.2 Å². The van der Waals surface area contributed by atoms with Gasteiger partial charge in [-0.2, -0.15) is 0 Å². The number of halogens is 2. The predicted octanol–water partition coefficient (Wildman–Crippen LogP) is 2.26. The highest BCUT2D eigenvalue weighted by Gasteiger charge is 2.37. The molecule has 2 saturated heterocycles. The van der Waals surface area contributed by atoms with Crippen LogP contribution >= 0.6 is 31.9 Å². The molecule has 0 bridgehead atoms. The molecule has 0 spiro atoms. The van der Waals surface area contributed by atoms with E-state index in [0.717, 1.165) is 52.8 Å². The molecule has 0 amide bonds. The fourth-order valence-corrected chi connectivity index (χ4v) is 3.91. The molecule has 5 heteroatoms. The van der Waals surface area contributed by atoms with Gasteiger partial charge in [0.2, 0.25) is 0 Å². The zero-order valence-corrected chi connectivity index (χ0v) is 12.0. The molecule has 1 N–H and O–H groups in total. The normalized spacial score (nSPS) is 28.5. The standard InChI is InChI=1S/C11H13Br2N3/c12-9-1-10(13)11(15-4-9)16-5-7-2-14-3-8(7)6-16/h1,4,7-8,14H,2-3,5-6H2/t7-,8+. The highest BCUT2D eigenvalue weighted by atomic mass is 79.9. The van der Waals surface area contributed by atoms with Gasteiger partial charge in [-0.15, -0.1) is 0 Å². The molecular weight excluding hydrogens is 334 g/mol. The number of hydrogen-bond donors (Lipinski definition) is 1. The molecule has 16 heavy (non-hydrogen) atoms. The van der Waals surface area contributed by atoms with E-state index >= 15 is 0 Å². The van der Waals surface area contributed by atoms with E-state index in [0.29, 0.717) is 0 Å². The van der Waals surface area contributed by atoms with Crippen LogP contribution in [0, 0.1) is 11.8 Å². The molecule has 2 atom stereocenters. The lowest BCUT2D eigenvalue weighted by Crippen LogP contribution is -2.26. The van der Waals surface area contributed by atoms with Gasteiger partial charge in [-0.05, 0) is 49.8 Å². The minimum absolute atomic E-state index is 0.803. The molecule has 86 valence electrons. The summed E-state index contributed by atoms with van der Waals surface area (Å²) in [7, 11) is 0. The molecular formula is C11H13Br2N3. The first-order valence-corrected chi connectivity index (χ1v) is 7.09. The third-order valence-corrected chi connectivity index (χ3v) is 4.49. The zero-order chi connectivity index (χ0) is 11.1. The van der Waals surface area contributed by atoms with Crippen LogP contribution in [0.2, 0.25) is 0 Å². The van der Waals surface area contributed by atoms with Gasteiger partial charge in [0.1, 0.15) is 5.82 Å². The average molecular weight is 347 g/mol. The molecule has 2 aliphatic rings. The van der Waals surface area contributed by atoms with E-state index in [4.69, 9.17) is 0 Å². The summed E-state index contributed by atoms with van der Waals surface area (Å²) in [5.74, 6) is 2.69. The van der Waals surface area contributed by atoms with Crippen molar-refractivity contribution in [1.29, 1.82) is 0 Å². The van der Waals surface area contributed by atoms with Crippen LogP contribution < -0.4 is 10.2 Å². The summed E-state index contributed by atoms with van der Waals surface area (Å²) >= 11 is 7.02. The second-order valence-corrected chi connectivity index (χ2v) is 6.31. The Labute approximate surface area is 112 Å². The molecule has 2 fully saturated rings. The Kier molecular flexibility index (Phi) is 2.94. The molecule has 0 aromatic carbocycles. The number of aromatic nitrogens is 1. The van der Waals surface area contributed by atoms with Gasteiger partial charge in [-0.25, -0.2) is 4.98 Å². The summed E-state index contributed by atoms with van der Waals surface area (Å²) < 4.78 is 2.10. The molecule has 3 nitrogen and oxygen atoms in total. The Morgan fingerprint density at radius 2 is 1.94 bits per heavy atom. The molecule has 0 saturated carbocycles. The molecule has 1 aromatic heterocycles. The first-order valence-electron chi connectivity index (χ1n) is 5.51. The van der Waals surface area contributed by atoms with Crippen LogP contribution in [-0.2, 0) is 0 Å². The van der Waals surface area contributed by atoms with Crippen molar-refractivity contribution in [3.05, 3.63) is 21.2 Å². The molecule has 3 heterocycles. The number of pyridine rings is 1. The lowest BCUT2D eigenvalue weighted by atomic mass is 10.0. The zero-order valence-electron chi connectivity index (χ0n) is 8.79. The van der Waals surface area contributed by atoms with Gasteiger partial charge in [0.05, 0.1) is 4.47 Å². The smallest absolute Gasteiger partial charge is 0.142 e. The summed E-state index contributed by atoms with van der Waals surface area (Å²) in [5.41, 5.74) is 0. The van der Waals surface area contributed by atoms with Crippen LogP contribution in [0.5, 0.6) is 0 Å². The Balaban J connectivity index is 1.83. The topological polar surface area (TPSA) is 28.2 Å². The molecule has 3 rings (SSSR count). The molecule has 2 aliphatic heterocycles. The monoisotopic (exact) mass is 345 g/mol. The van der Waals surface area contributed by atoms with Crippen molar-refractivity contribution in [1.82, 2.24) is 10.3 Å². The van der Waals surface area contributed by atoms with Crippen molar-refractivity contribution in [2.45, 2.75) is 0 Å². The van der Waals surface area contributed by atoms with E-state index in [-0.39, 0.29) is 0 Å². The average Bonchev–Trinajstić information content (AvgIpc) is 2.76. The summed E-state index contributed by atoms with van der Waals surface area (Å²) in [6.45, 7) is 4.58. The van der Waals surface area contributed by atoms with Gasteiger partial charge in [-0.1, -0.05) is 0 Å². The Hall–Kier alpha value is -0.130.